The van der Waals surface area contributed by atoms with E-state index in [9.17, 15) is 18.7 Å². The van der Waals surface area contributed by atoms with E-state index in [4.69, 9.17) is 0 Å². The number of hydrogen-bond donors (Lipinski definition) is 1. The average Bonchev–Trinajstić information content (AvgIpc) is 2.27. The zero-order chi connectivity index (χ0) is 12.1. The SMILES string of the molecule is COC(=O)C1CCC(C(O)OS(=O)[O-])CC1.[Na+]. The van der Waals surface area contributed by atoms with Gasteiger partial charge in [0.1, 0.15) is 0 Å². The van der Waals surface area contributed by atoms with E-state index < -0.39 is 17.7 Å². The monoisotopic (exact) mass is 274 g/mol. The van der Waals surface area contributed by atoms with Gasteiger partial charge in [-0.1, -0.05) is 0 Å². The van der Waals surface area contributed by atoms with Gasteiger partial charge in [-0.05, 0) is 25.7 Å². The zero-order valence-corrected chi connectivity index (χ0v) is 12.8. The maximum Gasteiger partial charge on any atom is 1.00 e. The molecule has 1 rings (SSSR count). The first-order valence-corrected chi connectivity index (χ1v) is 6.07. The molecule has 0 aromatic rings. The molecule has 2 atom stereocenters. The Labute approximate surface area is 125 Å². The summed E-state index contributed by atoms with van der Waals surface area (Å²) in [6, 6.07) is 0. The van der Waals surface area contributed by atoms with Crippen LogP contribution in [0.5, 0.6) is 0 Å². The van der Waals surface area contributed by atoms with Crippen LogP contribution in [0.15, 0.2) is 0 Å². The topological polar surface area (TPSA) is 95.9 Å². The van der Waals surface area contributed by atoms with E-state index in [1.54, 1.807) is 0 Å². The van der Waals surface area contributed by atoms with Crippen LogP contribution >= 0.6 is 0 Å². The summed E-state index contributed by atoms with van der Waals surface area (Å²) in [5, 5.41) is 9.39. The summed E-state index contributed by atoms with van der Waals surface area (Å²) in [5.41, 5.74) is 0. The van der Waals surface area contributed by atoms with Crippen LogP contribution in [0.25, 0.3) is 0 Å². The molecule has 0 aromatic heterocycles. The smallest absolute Gasteiger partial charge is 0.750 e. The van der Waals surface area contributed by atoms with Crippen molar-refractivity contribution < 1.29 is 57.1 Å². The standard InChI is InChI=1S/C9H16O6S.Na/c1-14-8(10)6-2-4-7(5-3-6)9(11)15-16(12)13;/h6-7,9,11H,2-5H2,1H3,(H,12,13);/q;+1/p-1. The van der Waals surface area contributed by atoms with Crippen LogP contribution < -0.4 is 29.6 Å². The van der Waals surface area contributed by atoms with E-state index in [1.807, 2.05) is 0 Å². The molecule has 8 heteroatoms. The summed E-state index contributed by atoms with van der Waals surface area (Å²) in [7, 11) is 1.34. The van der Waals surface area contributed by atoms with Crippen molar-refractivity contribution in [1.82, 2.24) is 0 Å². The summed E-state index contributed by atoms with van der Waals surface area (Å²) >= 11 is -2.71. The number of ether oxygens (including phenoxy) is 1. The number of hydrogen-bond acceptors (Lipinski definition) is 6. The van der Waals surface area contributed by atoms with E-state index in [2.05, 4.69) is 8.92 Å². The minimum atomic E-state index is -2.71. The Kier molecular flexibility index (Phi) is 8.83. The fraction of sp³-hybridized carbons (Fsp3) is 0.889. The molecule has 0 saturated heterocycles. The number of carbonyl (C=O) groups is 1. The Hall–Kier alpha value is 0.500. The van der Waals surface area contributed by atoms with E-state index in [-0.39, 0.29) is 47.4 Å². The molecular formula is C9H15NaO6S. The van der Waals surface area contributed by atoms with Crippen molar-refractivity contribution >= 4 is 17.3 Å². The Bertz CT molecular complexity index is 266. The van der Waals surface area contributed by atoms with E-state index in [0.717, 1.165) is 0 Å². The van der Waals surface area contributed by atoms with Gasteiger partial charge in [0.2, 0.25) is 0 Å². The Morgan fingerprint density at radius 3 is 2.35 bits per heavy atom. The molecule has 0 aliphatic heterocycles. The molecule has 0 radical (unpaired) electrons. The van der Waals surface area contributed by atoms with Gasteiger partial charge in [-0.25, -0.2) is 4.21 Å². The second kappa shape index (κ2) is 8.58. The fourth-order valence-electron chi connectivity index (χ4n) is 1.97. The van der Waals surface area contributed by atoms with Crippen molar-refractivity contribution in [1.29, 1.82) is 0 Å². The minimum absolute atomic E-state index is 0. The second-order valence-corrected chi connectivity index (χ2v) is 4.43. The van der Waals surface area contributed by atoms with Crippen LogP contribution in [0.3, 0.4) is 0 Å². The molecular weight excluding hydrogens is 259 g/mol. The third kappa shape index (κ3) is 5.78. The number of methoxy groups -OCH3 is 1. The molecule has 1 N–H and O–H groups in total. The number of carbonyl (C=O) groups excluding carboxylic acids is 1. The van der Waals surface area contributed by atoms with Crippen molar-refractivity contribution in [2.24, 2.45) is 11.8 Å². The molecule has 1 aliphatic rings. The molecule has 0 aromatic carbocycles. The third-order valence-corrected chi connectivity index (χ3v) is 3.24. The van der Waals surface area contributed by atoms with Crippen molar-refractivity contribution in [2.75, 3.05) is 7.11 Å². The van der Waals surface area contributed by atoms with Gasteiger partial charge in [0.05, 0.1) is 24.4 Å². The van der Waals surface area contributed by atoms with Crippen molar-refractivity contribution in [3.8, 4) is 0 Å². The maximum atomic E-state index is 11.2. The van der Waals surface area contributed by atoms with Gasteiger partial charge in [-0.3, -0.25) is 8.98 Å². The van der Waals surface area contributed by atoms with Crippen LogP contribution in [0, 0.1) is 11.8 Å². The summed E-state index contributed by atoms with van der Waals surface area (Å²) < 4.78 is 29.3. The molecule has 1 fully saturated rings. The molecule has 1 saturated carbocycles. The molecule has 0 bridgehead atoms. The van der Waals surface area contributed by atoms with Crippen molar-refractivity contribution in [3.05, 3.63) is 0 Å². The first-order valence-electron chi connectivity index (χ1n) is 5.07. The van der Waals surface area contributed by atoms with Gasteiger partial charge in [-0.15, -0.1) is 0 Å². The molecule has 17 heavy (non-hydrogen) atoms. The Balaban J connectivity index is 0.00000256. The second-order valence-electron chi connectivity index (χ2n) is 3.83. The largest absolute Gasteiger partial charge is 1.00 e. The Morgan fingerprint density at radius 1 is 1.41 bits per heavy atom. The van der Waals surface area contributed by atoms with Gasteiger partial charge in [0, 0.05) is 5.92 Å². The predicted molar refractivity (Wildman–Crippen MR) is 53.5 cm³/mol. The molecule has 0 heterocycles. The molecule has 0 spiro atoms. The van der Waals surface area contributed by atoms with Crippen LogP contribution in [-0.2, 0) is 25.1 Å². The normalized spacial score (nSPS) is 27.7. The van der Waals surface area contributed by atoms with E-state index in [1.165, 1.54) is 7.11 Å². The molecule has 6 nitrogen and oxygen atoms in total. The summed E-state index contributed by atoms with van der Waals surface area (Å²) in [6.07, 6.45) is 0.972. The van der Waals surface area contributed by atoms with E-state index in [0.29, 0.717) is 25.7 Å². The number of rotatable bonds is 4. The number of aliphatic hydroxyl groups excluding tert-OH is 1. The molecule has 94 valence electrons. The summed E-state index contributed by atoms with van der Waals surface area (Å²) in [4.78, 5) is 11.2. The predicted octanol–water partition coefficient (Wildman–Crippen LogP) is -2.90. The maximum absolute atomic E-state index is 11.2. The van der Waals surface area contributed by atoms with Crippen molar-refractivity contribution in [2.45, 2.75) is 32.0 Å². The van der Waals surface area contributed by atoms with Gasteiger partial charge >= 0.3 is 35.5 Å². The van der Waals surface area contributed by atoms with Gasteiger partial charge in [0.25, 0.3) is 0 Å². The van der Waals surface area contributed by atoms with Crippen LogP contribution in [0.2, 0.25) is 0 Å². The van der Waals surface area contributed by atoms with Crippen molar-refractivity contribution in [3.63, 3.8) is 0 Å². The van der Waals surface area contributed by atoms with Gasteiger partial charge in [0.15, 0.2) is 6.29 Å². The first-order chi connectivity index (χ1) is 7.54. The minimum Gasteiger partial charge on any atom is -0.750 e. The van der Waals surface area contributed by atoms with Gasteiger partial charge < -0.3 is 14.4 Å². The quantitative estimate of drug-likeness (QED) is 0.256. The zero-order valence-electron chi connectivity index (χ0n) is 9.96. The van der Waals surface area contributed by atoms with Crippen LogP contribution in [0.1, 0.15) is 25.7 Å². The van der Waals surface area contributed by atoms with Gasteiger partial charge in [-0.2, -0.15) is 0 Å². The summed E-state index contributed by atoms with van der Waals surface area (Å²) in [6.45, 7) is 0. The third-order valence-electron chi connectivity index (χ3n) is 2.89. The molecule has 2 unspecified atom stereocenters. The van der Waals surface area contributed by atoms with Crippen LogP contribution in [0.4, 0.5) is 0 Å². The molecule has 1 aliphatic carbocycles. The van der Waals surface area contributed by atoms with E-state index >= 15 is 0 Å². The molecule has 0 amide bonds. The van der Waals surface area contributed by atoms with Crippen LogP contribution in [-0.4, -0.2) is 33.2 Å². The number of aliphatic hydroxyl groups is 1. The first kappa shape index (κ1) is 17.5. The number of esters is 1. The fourth-order valence-corrected chi connectivity index (χ4v) is 2.28. The Morgan fingerprint density at radius 2 is 1.94 bits per heavy atom. The summed E-state index contributed by atoms with van der Waals surface area (Å²) in [5.74, 6) is -0.633. The average molecular weight is 274 g/mol.